The van der Waals surface area contributed by atoms with Gasteiger partial charge in [0.2, 0.25) is 5.91 Å². The number of alkyl carbamates (subject to hydrolysis) is 1. The number of fused-ring (bicyclic) bond motifs is 3. The van der Waals surface area contributed by atoms with Gasteiger partial charge in [0.25, 0.3) is 0 Å². The quantitative estimate of drug-likeness (QED) is 0.438. The minimum absolute atomic E-state index is 0.0249. The van der Waals surface area contributed by atoms with Crippen LogP contribution in [0.4, 0.5) is 4.79 Å². The number of ether oxygens (including phenoxy) is 1. The number of benzene rings is 2. The summed E-state index contributed by atoms with van der Waals surface area (Å²) in [6.45, 7) is 4.18. The van der Waals surface area contributed by atoms with Crippen LogP contribution in [0.5, 0.6) is 0 Å². The Morgan fingerprint density at radius 3 is 2.15 bits per heavy atom. The molecular weight excluding hydrogens is 424 g/mol. The van der Waals surface area contributed by atoms with Gasteiger partial charge in [-0.15, -0.1) is 0 Å². The Morgan fingerprint density at radius 1 is 1.00 bits per heavy atom. The third-order valence-electron chi connectivity index (χ3n) is 5.72. The van der Waals surface area contributed by atoms with Crippen molar-refractivity contribution in [2.45, 2.75) is 38.7 Å². The molecule has 1 unspecified atom stereocenters. The zero-order valence-corrected chi connectivity index (χ0v) is 18.8. The second-order valence-electron chi connectivity index (χ2n) is 9.01. The highest BCUT2D eigenvalue weighted by Crippen LogP contribution is 2.44. The van der Waals surface area contributed by atoms with Crippen LogP contribution in [-0.4, -0.2) is 54.0 Å². The van der Waals surface area contributed by atoms with Gasteiger partial charge in [-0.25, -0.2) is 9.59 Å². The van der Waals surface area contributed by atoms with Crippen LogP contribution in [0, 0.1) is 5.41 Å². The van der Waals surface area contributed by atoms with Crippen molar-refractivity contribution in [1.29, 1.82) is 0 Å². The predicted octanol–water partition coefficient (Wildman–Crippen LogP) is 2.89. The Bertz CT molecular complexity index is 974. The molecule has 8 nitrogen and oxygen atoms in total. The highest BCUT2D eigenvalue weighted by molar-refractivity contribution is 5.79. The van der Waals surface area contributed by atoms with Crippen LogP contribution in [0.15, 0.2) is 48.5 Å². The first-order valence-electron chi connectivity index (χ1n) is 10.9. The molecule has 3 rings (SSSR count). The van der Waals surface area contributed by atoms with E-state index in [2.05, 4.69) is 34.9 Å². The van der Waals surface area contributed by atoms with E-state index in [1.807, 2.05) is 38.1 Å². The number of aliphatic hydroxyl groups excluding tert-OH is 1. The zero-order valence-electron chi connectivity index (χ0n) is 18.8. The molecule has 2 amide bonds. The minimum atomic E-state index is -1.51. The van der Waals surface area contributed by atoms with Crippen molar-refractivity contribution < 1.29 is 29.3 Å². The van der Waals surface area contributed by atoms with Gasteiger partial charge in [0.15, 0.2) is 6.10 Å². The molecule has 0 saturated carbocycles. The molecule has 4 N–H and O–H groups in total. The summed E-state index contributed by atoms with van der Waals surface area (Å²) in [5, 5.41) is 23.2. The summed E-state index contributed by atoms with van der Waals surface area (Å²) >= 11 is 0. The Hall–Kier alpha value is -3.39. The summed E-state index contributed by atoms with van der Waals surface area (Å²) in [6.07, 6.45) is -2.00. The maximum absolute atomic E-state index is 12.3. The lowest BCUT2D eigenvalue weighted by atomic mass is 9.89. The van der Waals surface area contributed by atoms with Crippen LogP contribution in [0.3, 0.4) is 0 Å². The van der Waals surface area contributed by atoms with E-state index in [0.717, 1.165) is 22.3 Å². The van der Waals surface area contributed by atoms with Crippen LogP contribution in [0.1, 0.15) is 43.7 Å². The van der Waals surface area contributed by atoms with Gasteiger partial charge in [-0.1, -0.05) is 62.4 Å². The number of carbonyl (C=O) groups is 3. The fourth-order valence-corrected chi connectivity index (χ4v) is 3.99. The van der Waals surface area contributed by atoms with Crippen molar-refractivity contribution in [2.24, 2.45) is 5.41 Å². The Balaban J connectivity index is 1.46. The van der Waals surface area contributed by atoms with E-state index >= 15 is 0 Å². The molecule has 2 aromatic rings. The minimum Gasteiger partial charge on any atom is -0.479 e. The van der Waals surface area contributed by atoms with Crippen LogP contribution in [-0.2, 0) is 14.3 Å². The fraction of sp³-hybridized carbons (Fsp3) is 0.400. The standard InChI is InChI=1S/C25H30N2O6/c1-25(2,13-22(29)26-12-11-21(28)23(30)31)15-27-24(32)33-14-20-18-9-5-3-7-16(18)17-8-4-6-10-19(17)20/h3-10,20-21,28H,11-15H2,1-2H3,(H,26,29)(H,27,32)(H,30,31). The van der Waals surface area contributed by atoms with Crippen LogP contribution in [0.2, 0.25) is 0 Å². The van der Waals surface area contributed by atoms with E-state index in [9.17, 15) is 19.5 Å². The van der Waals surface area contributed by atoms with E-state index in [4.69, 9.17) is 9.84 Å². The summed E-state index contributed by atoms with van der Waals surface area (Å²) in [7, 11) is 0. The van der Waals surface area contributed by atoms with Crippen molar-refractivity contribution >= 4 is 18.0 Å². The average Bonchev–Trinajstić information content (AvgIpc) is 3.09. The molecule has 0 spiro atoms. The number of aliphatic carboxylic acids is 1. The maximum Gasteiger partial charge on any atom is 0.407 e. The van der Waals surface area contributed by atoms with Gasteiger partial charge < -0.3 is 25.6 Å². The molecular formula is C25H30N2O6. The van der Waals surface area contributed by atoms with E-state index in [1.54, 1.807) is 0 Å². The Labute approximate surface area is 193 Å². The number of hydrogen-bond donors (Lipinski definition) is 4. The van der Waals surface area contributed by atoms with Gasteiger partial charge in [0, 0.05) is 31.8 Å². The second kappa shape index (κ2) is 10.5. The number of aliphatic hydroxyl groups is 1. The monoisotopic (exact) mass is 454 g/mol. The van der Waals surface area contributed by atoms with E-state index in [0.29, 0.717) is 0 Å². The first kappa shape index (κ1) is 24.3. The Kier molecular flexibility index (Phi) is 7.71. The number of carbonyl (C=O) groups excluding carboxylic acids is 2. The maximum atomic E-state index is 12.3. The Morgan fingerprint density at radius 2 is 1.58 bits per heavy atom. The molecule has 0 radical (unpaired) electrons. The molecule has 0 heterocycles. The number of hydrogen-bond acceptors (Lipinski definition) is 5. The van der Waals surface area contributed by atoms with Crippen molar-refractivity contribution in [1.82, 2.24) is 10.6 Å². The molecule has 8 heteroatoms. The van der Waals surface area contributed by atoms with Gasteiger partial charge in [-0.3, -0.25) is 4.79 Å². The highest BCUT2D eigenvalue weighted by Gasteiger charge is 2.29. The van der Waals surface area contributed by atoms with Crippen molar-refractivity contribution in [3.8, 4) is 11.1 Å². The van der Waals surface area contributed by atoms with Crippen molar-refractivity contribution in [2.75, 3.05) is 19.7 Å². The lowest BCUT2D eigenvalue weighted by molar-refractivity contribution is -0.147. The molecule has 1 aliphatic rings. The lowest BCUT2D eigenvalue weighted by Crippen LogP contribution is -2.39. The smallest absolute Gasteiger partial charge is 0.407 e. The molecule has 176 valence electrons. The summed E-state index contributed by atoms with van der Waals surface area (Å²) in [5.41, 5.74) is 4.05. The van der Waals surface area contributed by atoms with Crippen LogP contribution >= 0.6 is 0 Å². The highest BCUT2D eigenvalue weighted by atomic mass is 16.5. The first-order valence-corrected chi connectivity index (χ1v) is 10.9. The average molecular weight is 455 g/mol. The molecule has 0 fully saturated rings. The first-order chi connectivity index (χ1) is 15.7. The second-order valence-corrected chi connectivity index (χ2v) is 9.01. The van der Waals surface area contributed by atoms with E-state index in [1.165, 1.54) is 0 Å². The number of amides is 2. The number of carboxylic acids is 1. The fourth-order valence-electron chi connectivity index (χ4n) is 3.99. The molecule has 1 aliphatic carbocycles. The van der Waals surface area contributed by atoms with Crippen LogP contribution < -0.4 is 10.6 Å². The molecule has 1 atom stereocenters. The molecule has 33 heavy (non-hydrogen) atoms. The van der Waals surface area contributed by atoms with Crippen molar-refractivity contribution in [3.05, 3.63) is 59.7 Å². The van der Waals surface area contributed by atoms with Crippen molar-refractivity contribution in [3.63, 3.8) is 0 Å². The van der Waals surface area contributed by atoms with Gasteiger partial charge in [-0.2, -0.15) is 0 Å². The summed E-state index contributed by atoms with van der Waals surface area (Å²) in [5.74, 6) is -1.63. The van der Waals surface area contributed by atoms with Gasteiger partial charge in [0.1, 0.15) is 6.61 Å². The van der Waals surface area contributed by atoms with Gasteiger partial charge in [-0.05, 0) is 27.7 Å². The number of carboxylic acid groups (broad SMARTS) is 1. The molecule has 0 saturated heterocycles. The number of rotatable bonds is 10. The third kappa shape index (κ3) is 6.32. The van der Waals surface area contributed by atoms with Crippen LogP contribution in [0.25, 0.3) is 11.1 Å². The summed E-state index contributed by atoms with van der Waals surface area (Å²) in [6, 6.07) is 16.2. The number of nitrogens with one attached hydrogen (secondary N) is 2. The molecule has 0 aromatic heterocycles. The normalized spacial score (nSPS) is 13.5. The van der Waals surface area contributed by atoms with Gasteiger partial charge >= 0.3 is 12.1 Å². The largest absolute Gasteiger partial charge is 0.479 e. The molecule has 0 aliphatic heterocycles. The van der Waals surface area contributed by atoms with E-state index < -0.39 is 23.6 Å². The SMILES string of the molecule is CC(C)(CNC(=O)OCC1c2ccccc2-c2ccccc21)CC(=O)NCCC(O)C(=O)O. The molecule has 2 aromatic carbocycles. The predicted molar refractivity (Wildman–Crippen MR) is 123 cm³/mol. The van der Waals surface area contributed by atoms with Gasteiger partial charge in [0.05, 0.1) is 0 Å². The van der Waals surface area contributed by atoms with E-state index in [-0.39, 0.29) is 44.4 Å². The summed E-state index contributed by atoms with van der Waals surface area (Å²) < 4.78 is 5.52. The topological polar surface area (TPSA) is 125 Å². The summed E-state index contributed by atoms with van der Waals surface area (Å²) in [4.78, 5) is 35.1. The lowest BCUT2D eigenvalue weighted by Gasteiger charge is -2.24. The molecule has 0 bridgehead atoms. The third-order valence-corrected chi connectivity index (χ3v) is 5.72. The zero-order chi connectivity index (χ0) is 24.0.